The number of piperazine rings is 1. The Labute approximate surface area is 116 Å². The first-order valence-corrected chi connectivity index (χ1v) is 6.91. The number of nitrogens with zero attached hydrogens (tertiary/aromatic N) is 3. The lowest BCUT2D eigenvalue weighted by Crippen LogP contribution is -2.57. The zero-order valence-corrected chi connectivity index (χ0v) is 12.6. The van der Waals surface area contributed by atoms with E-state index in [-0.39, 0.29) is 6.09 Å². The average Bonchev–Trinajstić information content (AvgIpc) is 2.34. The number of hydrogen-bond donors (Lipinski definition) is 0. The molecular formula is C14H25N3O2. The summed E-state index contributed by atoms with van der Waals surface area (Å²) in [4.78, 5) is 15.9. The Morgan fingerprint density at radius 1 is 1.47 bits per heavy atom. The molecule has 2 atom stereocenters. The summed E-state index contributed by atoms with van der Waals surface area (Å²) in [6.45, 7) is 11.7. The van der Waals surface area contributed by atoms with E-state index in [1.54, 1.807) is 4.90 Å². The summed E-state index contributed by atoms with van der Waals surface area (Å²) in [5, 5.41) is 9.25. The summed E-state index contributed by atoms with van der Waals surface area (Å²) < 4.78 is 5.35. The van der Waals surface area contributed by atoms with Gasteiger partial charge in [0.2, 0.25) is 0 Å². The number of carbonyl (C=O) groups is 1. The first-order chi connectivity index (χ1) is 8.78. The van der Waals surface area contributed by atoms with Gasteiger partial charge in [0.05, 0.1) is 6.07 Å². The lowest BCUT2D eigenvalue weighted by Gasteiger charge is -2.41. The van der Waals surface area contributed by atoms with Gasteiger partial charge in [-0.05, 0) is 34.1 Å². The van der Waals surface area contributed by atoms with Gasteiger partial charge in [0, 0.05) is 25.7 Å². The van der Waals surface area contributed by atoms with Crippen molar-refractivity contribution in [3.05, 3.63) is 0 Å². The van der Waals surface area contributed by atoms with Crippen molar-refractivity contribution >= 4 is 6.09 Å². The van der Waals surface area contributed by atoms with Crippen molar-refractivity contribution in [3.8, 4) is 6.07 Å². The third kappa shape index (κ3) is 4.39. The van der Waals surface area contributed by atoms with Crippen LogP contribution < -0.4 is 0 Å². The molecule has 0 aromatic rings. The van der Waals surface area contributed by atoms with Crippen LogP contribution in [0.15, 0.2) is 0 Å². The molecule has 0 bridgehead atoms. The van der Waals surface area contributed by atoms with E-state index in [0.29, 0.717) is 19.1 Å². The fraction of sp³-hybridized carbons (Fsp3) is 0.857. The number of nitriles is 1. The van der Waals surface area contributed by atoms with Crippen LogP contribution in [0.4, 0.5) is 4.79 Å². The lowest BCUT2D eigenvalue weighted by atomic mass is 10.1. The standard InChI is InChI=1S/C14H25N3O2/c1-6-11(2)16-7-8-17(12(9-15)10-16)13(18)19-14(3,4)5/h11-12H,6-8,10H2,1-5H3/t11?,12-/m0/s1. The third-order valence-electron chi connectivity index (χ3n) is 3.40. The molecule has 1 aliphatic heterocycles. The Bertz CT molecular complexity index is 357. The summed E-state index contributed by atoms with van der Waals surface area (Å²) in [5.41, 5.74) is -0.523. The van der Waals surface area contributed by atoms with Crippen molar-refractivity contribution in [2.24, 2.45) is 0 Å². The molecule has 19 heavy (non-hydrogen) atoms. The van der Waals surface area contributed by atoms with E-state index in [0.717, 1.165) is 13.0 Å². The molecule has 0 spiro atoms. The van der Waals surface area contributed by atoms with Crippen LogP contribution >= 0.6 is 0 Å². The minimum absolute atomic E-state index is 0.386. The minimum Gasteiger partial charge on any atom is -0.444 e. The predicted octanol–water partition coefficient (Wildman–Crippen LogP) is 2.23. The second-order valence-electron chi connectivity index (χ2n) is 6.07. The first-order valence-electron chi connectivity index (χ1n) is 6.91. The van der Waals surface area contributed by atoms with Gasteiger partial charge in [0.1, 0.15) is 11.6 Å². The molecule has 1 aliphatic rings. The molecule has 1 rings (SSSR count). The fourth-order valence-electron chi connectivity index (χ4n) is 2.11. The maximum Gasteiger partial charge on any atom is 0.411 e. The van der Waals surface area contributed by atoms with Crippen LogP contribution in [0.3, 0.4) is 0 Å². The normalized spacial score (nSPS) is 22.7. The van der Waals surface area contributed by atoms with Gasteiger partial charge in [-0.1, -0.05) is 6.92 Å². The van der Waals surface area contributed by atoms with E-state index in [4.69, 9.17) is 4.74 Å². The van der Waals surface area contributed by atoms with Crippen LogP contribution in [0.2, 0.25) is 0 Å². The van der Waals surface area contributed by atoms with Gasteiger partial charge in [-0.2, -0.15) is 5.26 Å². The van der Waals surface area contributed by atoms with E-state index in [1.165, 1.54) is 0 Å². The van der Waals surface area contributed by atoms with Crippen LogP contribution in [0, 0.1) is 11.3 Å². The highest BCUT2D eigenvalue weighted by molar-refractivity contribution is 5.69. The van der Waals surface area contributed by atoms with E-state index in [1.807, 2.05) is 20.8 Å². The molecule has 0 aromatic heterocycles. The minimum atomic E-state index is -0.523. The van der Waals surface area contributed by atoms with Crippen molar-refractivity contribution in [2.75, 3.05) is 19.6 Å². The van der Waals surface area contributed by atoms with Crippen molar-refractivity contribution in [1.29, 1.82) is 5.26 Å². The predicted molar refractivity (Wildman–Crippen MR) is 73.7 cm³/mol. The molecule has 0 N–H and O–H groups in total. The van der Waals surface area contributed by atoms with Crippen LogP contribution in [0.25, 0.3) is 0 Å². The van der Waals surface area contributed by atoms with Crippen LogP contribution in [0.5, 0.6) is 0 Å². The van der Waals surface area contributed by atoms with E-state index >= 15 is 0 Å². The quantitative estimate of drug-likeness (QED) is 0.770. The molecule has 1 heterocycles. The molecule has 0 saturated carbocycles. The van der Waals surface area contributed by atoms with Crippen molar-refractivity contribution in [3.63, 3.8) is 0 Å². The maximum absolute atomic E-state index is 12.1. The Balaban J connectivity index is 2.68. The molecule has 1 unspecified atom stereocenters. The highest BCUT2D eigenvalue weighted by atomic mass is 16.6. The van der Waals surface area contributed by atoms with Crippen LogP contribution in [0.1, 0.15) is 41.0 Å². The number of carbonyl (C=O) groups excluding carboxylic acids is 1. The largest absolute Gasteiger partial charge is 0.444 e. The molecule has 5 nitrogen and oxygen atoms in total. The SMILES string of the molecule is CCC(C)N1CCN(C(=O)OC(C)(C)C)[C@@H](C#N)C1. The Hall–Kier alpha value is -1.28. The molecule has 1 fully saturated rings. The van der Waals surface area contributed by atoms with Crippen molar-refractivity contribution in [2.45, 2.75) is 58.7 Å². The molecule has 1 amide bonds. The highest BCUT2D eigenvalue weighted by Gasteiger charge is 2.34. The Morgan fingerprint density at radius 2 is 2.11 bits per heavy atom. The number of ether oxygens (including phenoxy) is 1. The second kappa shape index (κ2) is 6.25. The number of rotatable bonds is 2. The number of amides is 1. The average molecular weight is 267 g/mol. The van der Waals surface area contributed by atoms with Gasteiger partial charge < -0.3 is 4.74 Å². The zero-order valence-electron chi connectivity index (χ0n) is 12.6. The summed E-state index contributed by atoms with van der Waals surface area (Å²) >= 11 is 0. The third-order valence-corrected chi connectivity index (χ3v) is 3.40. The molecule has 0 aromatic carbocycles. The van der Waals surface area contributed by atoms with Gasteiger partial charge in [0.25, 0.3) is 0 Å². The summed E-state index contributed by atoms with van der Waals surface area (Å²) in [7, 11) is 0. The maximum atomic E-state index is 12.1. The molecule has 108 valence electrons. The van der Waals surface area contributed by atoms with Crippen molar-refractivity contribution < 1.29 is 9.53 Å². The van der Waals surface area contributed by atoms with Gasteiger partial charge in [-0.25, -0.2) is 4.79 Å². The van der Waals surface area contributed by atoms with E-state index in [2.05, 4.69) is 24.8 Å². The summed E-state index contributed by atoms with van der Waals surface area (Å²) in [6.07, 6.45) is 0.660. The van der Waals surface area contributed by atoms with Crippen LogP contribution in [-0.2, 0) is 4.74 Å². The topological polar surface area (TPSA) is 56.6 Å². The van der Waals surface area contributed by atoms with Gasteiger partial charge in [-0.15, -0.1) is 0 Å². The van der Waals surface area contributed by atoms with Crippen molar-refractivity contribution in [1.82, 2.24) is 9.80 Å². The Kier molecular flexibility index (Phi) is 5.19. The molecule has 1 saturated heterocycles. The molecule has 0 radical (unpaired) electrons. The molecular weight excluding hydrogens is 242 g/mol. The molecule has 0 aliphatic carbocycles. The Morgan fingerprint density at radius 3 is 2.58 bits per heavy atom. The number of hydrogen-bond acceptors (Lipinski definition) is 4. The smallest absolute Gasteiger partial charge is 0.411 e. The van der Waals surface area contributed by atoms with Crippen LogP contribution in [-0.4, -0.2) is 53.2 Å². The highest BCUT2D eigenvalue weighted by Crippen LogP contribution is 2.17. The first kappa shape index (κ1) is 15.8. The van der Waals surface area contributed by atoms with E-state index in [9.17, 15) is 10.1 Å². The van der Waals surface area contributed by atoms with Gasteiger partial charge >= 0.3 is 6.09 Å². The lowest BCUT2D eigenvalue weighted by molar-refractivity contribution is 0.00188. The van der Waals surface area contributed by atoms with Gasteiger partial charge in [-0.3, -0.25) is 9.80 Å². The van der Waals surface area contributed by atoms with E-state index < -0.39 is 11.6 Å². The zero-order chi connectivity index (χ0) is 14.6. The second-order valence-corrected chi connectivity index (χ2v) is 6.07. The fourth-order valence-corrected chi connectivity index (χ4v) is 2.11. The molecule has 5 heteroatoms. The summed E-state index contributed by atoms with van der Waals surface area (Å²) in [5.74, 6) is 0. The monoisotopic (exact) mass is 267 g/mol. The van der Waals surface area contributed by atoms with Gasteiger partial charge in [0.15, 0.2) is 0 Å². The summed E-state index contributed by atoms with van der Waals surface area (Å²) in [6, 6.07) is 2.24.